The predicted octanol–water partition coefficient (Wildman–Crippen LogP) is 2.68. The summed E-state index contributed by atoms with van der Waals surface area (Å²) in [6.45, 7) is 11.1. The van der Waals surface area contributed by atoms with E-state index < -0.39 is 5.60 Å². The number of rotatable bonds is 5. The van der Waals surface area contributed by atoms with Crippen molar-refractivity contribution in [3.63, 3.8) is 0 Å². The van der Waals surface area contributed by atoms with Crippen molar-refractivity contribution in [2.75, 3.05) is 13.2 Å². The topological polar surface area (TPSA) is 41.5 Å². The van der Waals surface area contributed by atoms with Gasteiger partial charge >= 0.3 is 0 Å². The lowest BCUT2D eigenvalue weighted by Crippen LogP contribution is -2.44. The molecule has 0 heterocycles. The maximum absolute atomic E-state index is 10.6. The molecule has 18 heavy (non-hydrogen) atoms. The number of β-amino-alcohol motifs (C(OH)–C–C–N with tert-alkyl or cyclic N) is 1. The Kier molecular flexibility index (Phi) is 4.77. The molecule has 1 atom stereocenters. The molecule has 0 aromatic heterocycles. The van der Waals surface area contributed by atoms with E-state index in [4.69, 9.17) is 4.74 Å². The van der Waals surface area contributed by atoms with E-state index in [0.717, 1.165) is 11.3 Å². The van der Waals surface area contributed by atoms with E-state index in [1.807, 2.05) is 38.1 Å². The Morgan fingerprint density at radius 2 is 1.78 bits per heavy atom. The molecular formula is C15H25NO2. The van der Waals surface area contributed by atoms with Gasteiger partial charge in [-0.05, 0) is 40.7 Å². The van der Waals surface area contributed by atoms with Crippen molar-refractivity contribution in [2.45, 2.75) is 45.8 Å². The van der Waals surface area contributed by atoms with Crippen LogP contribution in [0.3, 0.4) is 0 Å². The molecule has 1 aromatic rings. The number of ether oxygens (including phenoxy) is 1. The van der Waals surface area contributed by atoms with Gasteiger partial charge in [0, 0.05) is 17.6 Å². The van der Waals surface area contributed by atoms with Crippen LogP contribution in [0.4, 0.5) is 0 Å². The van der Waals surface area contributed by atoms with E-state index in [1.54, 1.807) is 0 Å². The molecule has 1 unspecified atom stereocenters. The second kappa shape index (κ2) is 5.72. The molecule has 0 saturated carbocycles. The second-order valence-corrected chi connectivity index (χ2v) is 5.81. The maximum atomic E-state index is 10.6. The number of hydrogen-bond acceptors (Lipinski definition) is 3. The number of benzene rings is 1. The smallest absolute Gasteiger partial charge is 0.125 e. The Bertz CT molecular complexity index is 380. The summed E-state index contributed by atoms with van der Waals surface area (Å²) in [5, 5.41) is 13.9. The van der Waals surface area contributed by atoms with E-state index in [-0.39, 0.29) is 5.54 Å². The van der Waals surface area contributed by atoms with Crippen molar-refractivity contribution in [3.05, 3.63) is 29.8 Å². The minimum atomic E-state index is -0.945. The summed E-state index contributed by atoms with van der Waals surface area (Å²) in [7, 11) is 0. The van der Waals surface area contributed by atoms with Crippen molar-refractivity contribution >= 4 is 0 Å². The average molecular weight is 251 g/mol. The van der Waals surface area contributed by atoms with Crippen molar-refractivity contribution in [1.29, 1.82) is 0 Å². The molecule has 0 aliphatic carbocycles. The summed E-state index contributed by atoms with van der Waals surface area (Å²) in [5.41, 5.74) is -0.146. The van der Waals surface area contributed by atoms with Gasteiger partial charge in [-0.2, -0.15) is 0 Å². The normalized spacial score (nSPS) is 15.2. The number of aliphatic hydroxyl groups is 1. The third-order valence-corrected chi connectivity index (χ3v) is 2.73. The van der Waals surface area contributed by atoms with Gasteiger partial charge in [-0.15, -0.1) is 0 Å². The zero-order valence-electron chi connectivity index (χ0n) is 12.1. The highest BCUT2D eigenvalue weighted by atomic mass is 16.5. The molecule has 3 heteroatoms. The largest absolute Gasteiger partial charge is 0.493 e. The molecule has 1 rings (SSSR count). The molecule has 0 aliphatic rings. The summed E-state index contributed by atoms with van der Waals surface area (Å²) in [5.74, 6) is 0.751. The lowest BCUT2D eigenvalue weighted by molar-refractivity contribution is 0.0472. The molecule has 1 aromatic carbocycles. The van der Waals surface area contributed by atoms with Gasteiger partial charge in [-0.1, -0.05) is 18.2 Å². The molecule has 0 radical (unpaired) electrons. The monoisotopic (exact) mass is 251 g/mol. The Hall–Kier alpha value is -1.06. The van der Waals surface area contributed by atoms with Crippen LogP contribution in [0, 0.1) is 0 Å². The molecular weight excluding hydrogens is 226 g/mol. The molecule has 0 amide bonds. The van der Waals surface area contributed by atoms with E-state index in [0.29, 0.717) is 13.2 Å². The molecule has 0 saturated heterocycles. The first kappa shape index (κ1) is 15.0. The fourth-order valence-electron chi connectivity index (χ4n) is 1.73. The Morgan fingerprint density at radius 1 is 1.17 bits per heavy atom. The van der Waals surface area contributed by atoms with Gasteiger partial charge < -0.3 is 15.2 Å². The third-order valence-electron chi connectivity index (χ3n) is 2.73. The Balaban J connectivity index is 2.89. The summed E-state index contributed by atoms with van der Waals surface area (Å²) in [4.78, 5) is 0. The highest BCUT2D eigenvalue weighted by Crippen LogP contribution is 2.29. The first-order valence-electron chi connectivity index (χ1n) is 6.46. The molecule has 0 spiro atoms. The van der Waals surface area contributed by atoms with Gasteiger partial charge in [-0.25, -0.2) is 0 Å². The summed E-state index contributed by atoms with van der Waals surface area (Å²) >= 11 is 0. The second-order valence-electron chi connectivity index (χ2n) is 5.81. The first-order valence-corrected chi connectivity index (χ1v) is 6.46. The molecule has 102 valence electrons. The van der Waals surface area contributed by atoms with Crippen LogP contribution in [0.2, 0.25) is 0 Å². The molecule has 0 aliphatic heterocycles. The van der Waals surface area contributed by atoms with Crippen LogP contribution in [0.15, 0.2) is 24.3 Å². The first-order chi connectivity index (χ1) is 8.26. The van der Waals surface area contributed by atoms with E-state index in [9.17, 15) is 5.11 Å². The summed E-state index contributed by atoms with van der Waals surface area (Å²) in [6.07, 6.45) is 0. The maximum Gasteiger partial charge on any atom is 0.125 e. The zero-order chi connectivity index (χ0) is 13.8. The number of hydrogen-bond donors (Lipinski definition) is 2. The fraction of sp³-hybridized carbons (Fsp3) is 0.600. The summed E-state index contributed by atoms with van der Waals surface area (Å²) in [6, 6.07) is 7.64. The van der Waals surface area contributed by atoms with E-state index in [1.165, 1.54) is 0 Å². The van der Waals surface area contributed by atoms with Crippen molar-refractivity contribution in [3.8, 4) is 5.75 Å². The van der Waals surface area contributed by atoms with Gasteiger partial charge in [0.1, 0.15) is 11.4 Å². The lowest BCUT2D eigenvalue weighted by atomic mass is 9.93. The van der Waals surface area contributed by atoms with Crippen LogP contribution >= 0.6 is 0 Å². The van der Waals surface area contributed by atoms with Crippen molar-refractivity contribution < 1.29 is 9.84 Å². The van der Waals surface area contributed by atoms with Crippen LogP contribution in [-0.2, 0) is 5.60 Å². The minimum absolute atomic E-state index is 0.0233. The van der Waals surface area contributed by atoms with Crippen LogP contribution in [0.1, 0.15) is 40.2 Å². The zero-order valence-corrected chi connectivity index (χ0v) is 12.1. The highest BCUT2D eigenvalue weighted by molar-refractivity contribution is 5.37. The molecule has 0 fully saturated rings. The van der Waals surface area contributed by atoms with Gasteiger partial charge in [-0.3, -0.25) is 0 Å². The fourth-order valence-corrected chi connectivity index (χ4v) is 1.73. The number of nitrogens with one attached hydrogen (secondary N) is 1. The summed E-state index contributed by atoms with van der Waals surface area (Å²) < 4.78 is 5.57. The predicted molar refractivity (Wildman–Crippen MR) is 74.9 cm³/mol. The van der Waals surface area contributed by atoms with Crippen LogP contribution in [-0.4, -0.2) is 23.8 Å². The standard InChI is InChI=1S/C15H25NO2/c1-6-18-13-10-8-7-9-12(13)15(5,17)11-16-14(2,3)4/h7-10,16-17H,6,11H2,1-5H3. The van der Waals surface area contributed by atoms with Crippen LogP contribution < -0.4 is 10.1 Å². The average Bonchev–Trinajstić information content (AvgIpc) is 2.27. The molecule has 0 bridgehead atoms. The minimum Gasteiger partial charge on any atom is -0.493 e. The SMILES string of the molecule is CCOc1ccccc1C(C)(O)CNC(C)(C)C. The van der Waals surface area contributed by atoms with Crippen LogP contribution in [0.5, 0.6) is 5.75 Å². The molecule has 2 N–H and O–H groups in total. The van der Waals surface area contributed by atoms with Crippen molar-refractivity contribution in [2.24, 2.45) is 0 Å². The van der Waals surface area contributed by atoms with Gasteiger partial charge in [0.25, 0.3) is 0 Å². The lowest BCUT2D eigenvalue weighted by Gasteiger charge is -2.30. The molecule has 3 nitrogen and oxygen atoms in total. The van der Waals surface area contributed by atoms with Gasteiger partial charge in [0.2, 0.25) is 0 Å². The Labute approximate surface area is 110 Å². The van der Waals surface area contributed by atoms with Crippen molar-refractivity contribution in [1.82, 2.24) is 5.32 Å². The van der Waals surface area contributed by atoms with Gasteiger partial charge in [0.15, 0.2) is 0 Å². The number of para-hydroxylation sites is 1. The van der Waals surface area contributed by atoms with E-state index in [2.05, 4.69) is 26.1 Å². The highest BCUT2D eigenvalue weighted by Gasteiger charge is 2.28. The quantitative estimate of drug-likeness (QED) is 0.845. The Morgan fingerprint density at radius 3 is 2.33 bits per heavy atom. The van der Waals surface area contributed by atoms with E-state index >= 15 is 0 Å². The van der Waals surface area contributed by atoms with Crippen LogP contribution in [0.25, 0.3) is 0 Å². The third kappa shape index (κ3) is 4.31. The van der Waals surface area contributed by atoms with Gasteiger partial charge in [0.05, 0.1) is 6.61 Å².